The molecular formula is C7H15NO6. The van der Waals surface area contributed by atoms with Crippen molar-refractivity contribution in [2.75, 3.05) is 13.2 Å². The summed E-state index contributed by atoms with van der Waals surface area (Å²) in [5, 5.41) is 26.9. The first-order chi connectivity index (χ1) is 6.54. The lowest BCUT2D eigenvalue weighted by molar-refractivity contribution is -0.275. The fraction of sp³-hybridized carbons (Fsp3) is 0.857. The van der Waals surface area contributed by atoms with Gasteiger partial charge in [-0.15, -0.1) is 0 Å². The van der Waals surface area contributed by atoms with Crippen LogP contribution in [-0.2, 0) is 9.47 Å². The maximum atomic E-state index is 10.6. The quantitative estimate of drug-likeness (QED) is 0.514. The highest BCUT2D eigenvalue weighted by atomic mass is 16.7. The molecule has 0 rings (SSSR count). The molecule has 0 heterocycles. The summed E-state index contributed by atoms with van der Waals surface area (Å²) in [7, 11) is 0. The average Bonchev–Trinajstić information content (AvgIpc) is 2.04. The normalized spacial score (nSPS) is 14.9. The number of amides is 1. The van der Waals surface area contributed by atoms with Gasteiger partial charge in [0, 0.05) is 13.2 Å². The molecule has 0 saturated carbocycles. The zero-order chi connectivity index (χ0) is 11.1. The molecule has 7 nitrogen and oxygen atoms in total. The molecular weight excluding hydrogens is 194 g/mol. The van der Waals surface area contributed by atoms with E-state index in [9.17, 15) is 4.79 Å². The lowest BCUT2D eigenvalue weighted by atomic mass is 10.7. The molecule has 0 aromatic heterocycles. The molecule has 84 valence electrons. The highest BCUT2D eigenvalue weighted by Gasteiger charge is 2.28. The first-order valence-corrected chi connectivity index (χ1v) is 4.15. The smallest absolute Gasteiger partial charge is 0.415 e. The number of rotatable bonds is 6. The molecule has 0 aromatic carbocycles. The molecule has 0 spiro atoms. The summed E-state index contributed by atoms with van der Waals surface area (Å²) in [6, 6.07) is 0. The van der Waals surface area contributed by atoms with Gasteiger partial charge in [-0.3, -0.25) is 0 Å². The second-order valence-electron chi connectivity index (χ2n) is 2.25. The van der Waals surface area contributed by atoms with Crippen molar-refractivity contribution >= 4 is 6.09 Å². The minimum atomic E-state index is -1.74. The zero-order valence-corrected chi connectivity index (χ0v) is 8.08. The Balaban J connectivity index is 4.33. The van der Waals surface area contributed by atoms with Gasteiger partial charge in [0.1, 0.15) is 0 Å². The molecule has 0 aromatic rings. The monoisotopic (exact) mass is 209 g/mol. The molecule has 0 aliphatic rings. The molecule has 7 heteroatoms. The van der Waals surface area contributed by atoms with E-state index < -0.39 is 18.9 Å². The Morgan fingerprint density at radius 3 is 1.79 bits per heavy atom. The van der Waals surface area contributed by atoms with Gasteiger partial charge in [0.15, 0.2) is 0 Å². The maximum Gasteiger partial charge on any atom is 0.415 e. The largest absolute Gasteiger partial charge is 0.465 e. The average molecular weight is 209 g/mol. The van der Waals surface area contributed by atoms with E-state index in [0.29, 0.717) is 0 Å². The Bertz CT molecular complexity index is 164. The molecule has 14 heavy (non-hydrogen) atoms. The fourth-order valence-electron chi connectivity index (χ4n) is 0.757. The lowest BCUT2D eigenvalue weighted by Crippen LogP contribution is -2.49. The maximum absolute atomic E-state index is 10.6. The molecule has 0 aliphatic carbocycles. The number of hydrogen-bond acceptors (Lipinski definition) is 5. The minimum absolute atomic E-state index is 0.115. The summed E-state index contributed by atoms with van der Waals surface area (Å²) in [4.78, 5) is 10.8. The highest BCUT2D eigenvalue weighted by Crippen LogP contribution is 2.05. The van der Waals surface area contributed by atoms with Crippen molar-refractivity contribution in [2.24, 2.45) is 0 Å². The molecule has 0 aliphatic heterocycles. The van der Waals surface area contributed by atoms with Crippen LogP contribution in [0, 0.1) is 0 Å². The Kier molecular flexibility index (Phi) is 6.13. The van der Waals surface area contributed by atoms with Gasteiger partial charge in [0.05, 0.1) is 0 Å². The van der Waals surface area contributed by atoms with Crippen molar-refractivity contribution in [2.45, 2.75) is 26.7 Å². The molecule has 1 amide bonds. The van der Waals surface area contributed by atoms with Crippen molar-refractivity contribution in [1.29, 1.82) is 0 Å². The van der Waals surface area contributed by atoms with Gasteiger partial charge in [0.2, 0.25) is 12.8 Å². The van der Waals surface area contributed by atoms with Gasteiger partial charge < -0.3 is 24.8 Å². The Morgan fingerprint density at radius 2 is 1.57 bits per heavy atom. The van der Waals surface area contributed by atoms with E-state index >= 15 is 0 Å². The lowest BCUT2D eigenvalue weighted by Gasteiger charge is -2.28. The third-order valence-electron chi connectivity index (χ3n) is 1.33. The van der Waals surface area contributed by atoms with Crippen LogP contribution >= 0.6 is 0 Å². The van der Waals surface area contributed by atoms with E-state index in [0.717, 1.165) is 0 Å². The van der Waals surface area contributed by atoms with E-state index in [2.05, 4.69) is 9.47 Å². The number of nitrogens with zero attached hydrogens (tertiary/aromatic N) is 1. The summed E-state index contributed by atoms with van der Waals surface area (Å²) in [5.74, 6) is 0. The van der Waals surface area contributed by atoms with Crippen LogP contribution in [0.5, 0.6) is 0 Å². The summed E-state index contributed by atoms with van der Waals surface area (Å²) >= 11 is 0. The van der Waals surface area contributed by atoms with Crippen molar-refractivity contribution in [3.8, 4) is 0 Å². The van der Waals surface area contributed by atoms with Crippen LogP contribution in [0.25, 0.3) is 0 Å². The van der Waals surface area contributed by atoms with Gasteiger partial charge >= 0.3 is 6.09 Å². The van der Waals surface area contributed by atoms with E-state index in [1.54, 1.807) is 13.8 Å². The number of hydrogen-bond donors (Lipinski definition) is 3. The van der Waals surface area contributed by atoms with Crippen LogP contribution in [0.4, 0.5) is 4.79 Å². The molecule has 3 N–H and O–H groups in total. The number of carboxylic acid groups (broad SMARTS) is 1. The van der Waals surface area contributed by atoms with Crippen LogP contribution in [0.3, 0.4) is 0 Å². The topological polar surface area (TPSA) is 99.5 Å². The SMILES string of the molecule is CCOC(O)N(C(=O)O)C(O)OCC. The highest BCUT2D eigenvalue weighted by molar-refractivity contribution is 5.65. The second kappa shape index (κ2) is 6.55. The Hall–Kier alpha value is -0.890. The molecule has 0 radical (unpaired) electrons. The van der Waals surface area contributed by atoms with Crippen LogP contribution in [0.1, 0.15) is 13.8 Å². The van der Waals surface area contributed by atoms with E-state index in [1.165, 1.54) is 0 Å². The predicted octanol–water partition coefficient (Wildman–Crippen LogP) is -0.409. The van der Waals surface area contributed by atoms with Crippen molar-refractivity contribution in [3.63, 3.8) is 0 Å². The molecule has 0 saturated heterocycles. The molecule has 2 unspecified atom stereocenters. The van der Waals surface area contributed by atoms with Crippen LogP contribution in [0.2, 0.25) is 0 Å². The number of carbonyl (C=O) groups is 1. The third-order valence-corrected chi connectivity index (χ3v) is 1.33. The summed E-state index contributed by atoms with van der Waals surface area (Å²) in [5.41, 5.74) is 0. The van der Waals surface area contributed by atoms with E-state index in [1.807, 2.05) is 0 Å². The minimum Gasteiger partial charge on any atom is -0.465 e. The first-order valence-electron chi connectivity index (χ1n) is 4.15. The molecule has 0 fully saturated rings. The van der Waals surface area contributed by atoms with Crippen LogP contribution in [0.15, 0.2) is 0 Å². The predicted molar refractivity (Wildman–Crippen MR) is 45.1 cm³/mol. The number of aliphatic hydroxyl groups excluding tert-OH is 2. The van der Waals surface area contributed by atoms with Gasteiger partial charge in [-0.05, 0) is 13.8 Å². The van der Waals surface area contributed by atoms with E-state index in [-0.39, 0.29) is 18.1 Å². The van der Waals surface area contributed by atoms with E-state index in [4.69, 9.17) is 15.3 Å². The van der Waals surface area contributed by atoms with Crippen molar-refractivity contribution in [1.82, 2.24) is 4.90 Å². The van der Waals surface area contributed by atoms with Crippen LogP contribution in [-0.4, -0.2) is 52.4 Å². The molecule has 0 bridgehead atoms. The number of aliphatic hydroxyl groups is 2. The van der Waals surface area contributed by atoms with Gasteiger partial charge in [-0.1, -0.05) is 0 Å². The first kappa shape index (κ1) is 13.1. The number of ether oxygens (including phenoxy) is 2. The standard InChI is InChI=1S/C7H15NO6/c1-3-13-6(11)8(5(9)10)7(12)14-4-2/h6-7,11-12H,3-4H2,1-2H3,(H,9,10). The molecule has 2 atom stereocenters. The Morgan fingerprint density at radius 1 is 1.21 bits per heavy atom. The van der Waals surface area contributed by atoms with Crippen LogP contribution < -0.4 is 0 Å². The van der Waals surface area contributed by atoms with Gasteiger partial charge in [-0.25, -0.2) is 9.69 Å². The summed E-state index contributed by atoms with van der Waals surface area (Å²) < 4.78 is 9.19. The van der Waals surface area contributed by atoms with Crippen molar-refractivity contribution in [3.05, 3.63) is 0 Å². The Labute approximate surface area is 81.5 Å². The second-order valence-corrected chi connectivity index (χ2v) is 2.25. The van der Waals surface area contributed by atoms with Crippen molar-refractivity contribution < 1.29 is 29.6 Å². The summed E-state index contributed by atoms with van der Waals surface area (Å²) in [6.45, 7) is 3.39. The zero-order valence-electron chi connectivity index (χ0n) is 8.08. The summed E-state index contributed by atoms with van der Waals surface area (Å²) in [6.07, 6.45) is -5.01. The van der Waals surface area contributed by atoms with Gasteiger partial charge in [0.25, 0.3) is 0 Å². The fourth-order valence-corrected chi connectivity index (χ4v) is 0.757. The third kappa shape index (κ3) is 3.88. The van der Waals surface area contributed by atoms with Gasteiger partial charge in [-0.2, -0.15) is 0 Å².